The Morgan fingerprint density at radius 2 is 2.43 bits per heavy atom. The summed E-state index contributed by atoms with van der Waals surface area (Å²) in [4.78, 5) is 8.44. The molecule has 0 aliphatic carbocycles. The number of nitrogens with zero attached hydrogens (tertiary/aromatic N) is 3. The van der Waals surface area contributed by atoms with E-state index < -0.39 is 0 Å². The summed E-state index contributed by atoms with van der Waals surface area (Å²) in [7, 11) is 0. The van der Waals surface area contributed by atoms with Gasteiger partial charge in [-0.15, -0.1) is 11.3 Å². The van der Waals surface area contributed by atoms with Crippen molar-refractivity contribution in [3.05, 3.63) is 34.3 Å². The van der Waals surface area contributed by atoms with Gasteiger partial charge in [-0.3, -0.25) is 0 Å². The molecule has 0 atom stereocenters. The highest BCUT2D eigenvalue weighted by Crippen LogP contribution is 2.10. The molecule has 14 heavy (non-hydrogen) atoms. The van der Waals surface area contributed by atoms with Crippen LogP contribution in [0.3, 0.4) is 0 Å². The van der Waals surface area contributed by atoms with Gasteiger partial charge in [0.1, 0.15) is 0 Å². The third-order valence-electron chi connectivity index (χ3n) is 2.01. The van der Waals surface area contributed by atoms with Crippen molar-refractivity contribution >= 4 is 11.3 Å². The number of nitrogens with two attached hydrogens (primary N) is 1. The molecule has 0 aliphatic rings. The summed E-state index contributed by atoms with van der Waals surface area (Å²) < 4.78 is 2.02. The van der Waals surface area contributed by atoms with E-state index in [0.717, 1.165) is 22.9 Å². The van der Waals surface area contributed by atoms with Gasteiger partial charge < -0.3 is 10.3 Å². The van der Waals surface area contributed by atoms with E-state index in [2.05, 4.69) is 15.3 Å². The molecule has 0 amide bonds. The number of rotatable bonds is 3. The molecule has 4 nitrogen and oxygen atoms in total. The van der Waals surface area contributed by atoms with Gasteiger partial charge in [0.05, 0.1) is 29.3 Å². The smallest absolute Gasteiger partial charge is 0.0952 e. The quantitative estimate of drug-likeness (QED) is 0.823. The molecule has 5 heteroatoms. The Labute approximate surface area is 86.4 Å². The molecule has 74 valence electrons. The van der Waals surface area contributed by atoms with Crippen LogP contribution in [-0.4, -0.2) is 14.5 Å². The lowest BCUT2D eigenvalue weighted by atomic mass is 10.4. The zero-order valence-electron chi connectivity index (χ0n) is 7.97. The summed E-state index contributed by atoms with van der Waals surface area (Å²) >= 11 is 1.66. The van der Waals surface area contributed by atoms with Gasteiger partial charge in [0, 0.05) is 18.1 Å². The number of aryl methyl sites for hydroxylation is 1. The molecule has 0 fully saturated rings. The predicted octanol–water partition coefficient (Wildman–Crippen LogP) is 1.16. The second-order valence-corrected chi connectivity index (χ2v) is 4.14. The van der Waals surface area contributed by atoms with Crippen molar-refractivity contribution in [2.24, 2.45) is 5.73 Å². The van der Waals surface area contributed by atoms with Gasteiger partial charge in [-0.1, -0.05) is 0 Å². The van der Waals surface area contributed by atoms with E-state index >= 15 is 0 Å². The molecule has 2 heterocycles. The monoisotopic (exact) mass is 208 g/mol. The molecule has 0 aromatic carbocycles. The molecule has 2 N–H and O–H groups in total. The molecule has 0 saturated heterocycles. The largest absolute Gasteiger partial charge is 0.327 e. The Morgan fingerprint density at radius 1 is 1.57 bits per heavy atom. The van der Waals surface area contributed by atoms with Crippen molar-refractivity contribution in [1.82, 2.24) is 14.5 Å². The van der Waals surface area contributed by atoms with Gasteiger partial charge in [-0.05, 0) is 6.92 Å². The highest BCUT2D eigenvalue weighted by molar-refractivity contribution is 7.09. The Morgan fingerprint density at radius 3 is 3.07 bits per heavy atom. The van der Waals surface area contributed by atoms with Crippen LogP contribution in [0.1, 0.15) is 16.4 Å². The maximum Gasteiger partial charge on any atom is 0.0952 e. The van der Waals surface area contributed by atoms with Crippen LogP contribution < -0.4 is 5.73 Å². The fourth-order valence-corrected chi connectivity index (χ4v) is 1.92. The summed E-state index contributed by atoms with van der Waals surface area (Å²) in [6.07, 6.45) is 3.58. The first-order chi connectivity index (χ1) is 6.79. The minimum Gasteiger partial charge on any atom is -0.327 e. The zero-order valence-corrected chi connectivity index (χ0v) is 8.79. The Bertz CT molecular complexity index is 418. The van der Waals surface area contributed by atoms with E-state index in [4.69, 9.17) is 5.73 Å². The number of hydrogen-bond donors (Lipinski definition) is 1. The highest BCUT2D eigenvalue weighted by atomic mass is 32.1. The molecule has 2 aromatic rings. The van der Waals surface area contributed by atoms with Crippen LogP contribution in [0.2, 0.25) is 0 Å². The summed E-state index contributed by atoms with van der Waals surface area (Å²) in [6, 6.07) is 0. The zero-order chi connectivity index (χ0) is 9.97. The number of hydrogen-bond acceptors (Lipinski definition) is 4. The first kappa shape index (κ1) is 9.36. The van der Waals surface area contributed by atoms with Crippen LogP contribution in [0.5, 0.6) is 0 Å². The fourth-order valence-electron chi connectivity index (χ4n) is 1.32. The van der Waals surface area contributed by atoms with Gasteiger partial charge in [0.25, 0.3) is 0 Å². The lowest BCUT2D eigenvalue weighted by Crippen LogP contribution is -2.07. The van der Waals surface area contributed by atoms with Crippen molar-refractivity contribution < 1.29 is 0 Å². The second kappa shape index (κ2) is 3.89. The SMILES string of the molecule is Cc1nc(Cn2cncc2CN)cs1. The van der Waals surface area contributed by atoms with Crippen LogP contribution in [0, 0.1) is 6.92 Å². The first-order valence-corrected chi connectivity index (χ1v) is 5.27. The average Bonchev–Trinajstić information content (AvgIpc) is 2.76. The lowest BCUT2D eigenvalue weighted by Gasteiger charge is -2.03. The second-order valence-electron chi connectivity index (χ2n) is 3.07. The van der Waals surface area contributed by atoms with Crippen LogP contribution >= 0.6 is 11.3 Å². The third-order valence-corrected chi connectivity index (χ3v) is 2.83. The molecule has 0 aliphatic heterocycles. The Hall–Kier alpha value is -1.20. The minimum absolute atomic E-state index is 0.517. The van der Waals surface area contributed by atoms with Gasteiger partial charge in [0.15, 0.2) is 0 Å². The van der Waals surface area contributed by atoms with Crippen molar-refractivity contribution in [2.45, 2.75) is 20.0 Å². The molecule has 2 rings (SSSR count). The van der Waals surface area contributed by atoms with Crippen molar-refractivity contribution in [3.63, 3.8) is 0 Å². The van der Waals surface area contributed by atoms with Gasteiger partial charge in [0.2, 0.25) is 0 Å². The Kier molecular flexibility index (Phi) is 2.60. The standard InChI is InChI=1S/C9H12N4S/c1-7-12-8(5-14-7)4-13-6-11-3-9(13)2-10/h3,5-6H,2,4,10H2,1H3. The van der Waals surface area contributed by atoms with Crippen LogP contribution in [0.4, 0.5) is 0 Å². The average molecular weight is 208 g/mol. The van der Waals surface area contributed by atoms with Crippen molar-refractivity contribution in [1.29, 1.82) is 0 Å². The van der Waals surface area contributed by atoms with E-state index in [-0.39, 0.29) is 0 Å². The number of imidazole rings is 1. The molecule has 0 unspecified atom stereocenters. The van der Waals surface area contributed by atoms with Crippen LogP contribution in [0.15, 0.2) is 17.9 Å². The summed E-state index contributed by atoms with van der Waals surface area (Å²) in [5.74, 6) is 0. The summed E-state index contributed by atoms with van der Waals surface area (Å²) in [5, 5.41) is 3.16. The van der Waals surface area contributed by atoms with E-state index in [1.807, 2.05) is 11.5 Å². The molecular weight excluding hydrogens is 196 g/mol. The third kappa shape index (κ3) is 1.83. The minimum atomic E-state index is 0.517. The molecule has 0 bridgehead atoms. The number of thiazole rings is 1. The first-order valence-electron chi connectivity index (χ1n) is 4.39. The van der Waals surface area contributed by atoms with Gasteiger partial charge >= 0.3 is 0 Å². The molecule has 0 radical (unpaired) electrons. The maximum absolute atomic E-state index is 5.58. The normalized spacial score (nSPS) is 10.7. The van der Waals surface area contributed by atoms with E-state index in [1.165, 1.54) is 0 Å². The Balaban J connectivity index is 2.18. The van der Waals surface area contributed by atoms with Gasteiger partial charge in [-0.25, -0.2) is 9.97 Å². The summed E-state index contributed by atoms with van der Waals surface area (Å²) in [5.41, 5.74) is 7.68. The predicted molar refractivity (Wildman–Crippen MR) is 56.1 cm³/mol. The molecular formula is C9H12N4S. The van der Waals surface area contributed by atoms with Gasteiger partial charge in [-0.2, -0.15) is 0 Å². The highest BCUT2D eigenvalue weighted by Gasteiger charge is 2.03. The topological polar surface area (TPSA) is 56.7 Å². The lowest BCUT2D eigenvalue weighted by molar-refractivity contribution is 0.726. The van der Waals surface area contributed by atoms with Crippen molar-refractivity contribution in [3.8, 4) is 0 Å². The molecule has 0 saturated carbocycles. The van der Waals surface area contributed by atoms with Crippen LogP contribution in [-0.2, 0) is 13.1 Å². The van der Waals surface area contributed by atoms with E-state index in [9.17, 15) is 0 Å². The van der Waals surface area contributed by atoms with E-state index in [1.54, 1.807) is 23.9 Å². The fraction of sp³-hybridized carbons (Fsp3) is 0.333. The summed E-state index contributed by atoms with van der Waals surface area (Å²) in [6.45, 7) is 3.28. The number of aromatic nitrogens is 3. The van der Waals surface area contributed by atoms with E-state index in [0.29, 0.717) is 6.54 Å². The maximum atomic E-state index is 5.58. The van der Waals surface area contributed by atoms with Crippen molar-refractivity contribution in [2.75, 3.05) is 0 Å². The molecule has 0 spiro atoms. The van der Waals surface area contributed by atoms with Crippen LogP contribution in [0.25, 0.3) is 0 Å². The molecule has 2 aromatic heterocycles.